The van der Waals surface area contributed by atoms with Gasteiger partial charge >= 0.3 is 5.97 Å². The Hall–Kier alpha value is -2.18. The van der Waals surface area contributed by atoms with Crippen LogP contribution in [0.1, 0.15) is 23.2 Å². The number of hydrogen-bond donors (Lipinski definition) is 0. The maximum Gasteiger partial charge on any atom is 0.340 e. The van der Waals surface area contributed by atoms with Crippen LogP contribution in [-0.4, -0.2) is 31.1 Å². The average Bonchev–Trinajstić information content (AvgIpc) is 2.91. The number of benzene rings is 1. The maximum absolute atomic E-state index is 13.7. The molecule has 0 radical (unpaired) electrons. The summed E-state index contributed by atoms with van der Waals surface area (Å²) in [6, 6.07) is 1.98. The molecule has 1 saturated heterocycles. The third kappa shape index (κ3) is 2.49. The number of anilines is 1. The lowest BCUT2D eigenvalue weighted by molar-refractivity contribution is -0.384. The Morgan fingerprint density at radius 1 is 1.42 bits per heavy atom. The normalized spacial score (nSPS) is 14.5. The van der Waals surface area contributed by atoms with Crippen molar-refractivity contribution in [3.8, 4) is 0 Å². The van der Waals surface area contributed by atoms with Crippen LogP contribution in [0.3, 0.4) is 0 Å². The van der Waals surface area contributed by atoms with Crippen LogP contribution in [-0.2, 0) is 4.74 Å². The SMILES string of the molecule is COC(=O)c1cc(N2CCCC2)c([N+](=O)[O-])cc1F. The van der Waals surface area contributed by atoms with E-state index in [1.807, 2.05) is 0 Å². The van der Waals surface area contributed by atoms with E-state index in [1.165, 1.54) is 6.07 Å². The molecule has 19 heavy (non-hydrogen) atoms. The molecule has 1 heterocycles. The van der Waals surface area contributed by atoms with Crippen LogP contribution < -0.4 is 4.90 Å². The lowest BCUT2D eigenvalue weighted by Gasteiger charge is -2.18. The summed E-state index contributed by atoms with van der Waals surface area (Å²) >= 11 is 0. The molecular weight excluding hydrogens is 255 g/mol. The number of rotatable bonds is 3. The molecule has 102 valence electrons. The van der Waals surface area contributed by atoms with Crippen LogP contribution in [0, 0.1) is 15.9 Å². The summed E-state index contributed by atoms with van der Waals surface area (Å²) in [5.74, 6) is -1.78. The molecule has 2 rings (SSSR count). The van der Waals surface area contributed by atoms with Crippen molar-refractivity contribution in [1.29, 1.82) is 0 Å². The summed E-state index contributed by atoms with van der Waals surface area (Å²) in [6.07, 6.45) is 1.84. The number of hydrogen-bond acceptors (Lipinski definition) is 5. The molecule has 0 aliphatic carbocycles. The second-order valence-electron chi connectivity index (χ2n) is 4.26. The van der Waals surface area contributed by atoms with Crippen LogP contribution >= 0.6 is 0 Å². The first kappa shape index (κ1) is 13.3. The van der Waals surface area contributed by atoms with Crippen molar-refractivity contribution in [3.05, 3.63) is 33.6 Å². The summed E-state index contributed by atoms with van der Waals surface area (Å²) in [5.41, 5.74) is -0.341. The van der Waals surface area contributed by atoms with Gasteiger partial charge in [0, 0.05) is 13.1 Å². The summed E-state index contributed by atoms with van der Waals surface area (Å²) in [4.78, 5) is 23.6. The van der Waals surface area contributed by atoms with Crippen molar-refractivity contribution >= 4 is 17.3 Å². The maximum atomic E-state index is 13.7. The molecule has 0 atom stereocenters. The Labute approximate surface area is 108 Å². The zero-order valence-corrected chi connectivity index (χ0v) is 10.4. The van der Waals surface area contributed by atoms with Gasteiger partial charge in [-0.2, -0.15) is 0 Å². The molecule has 1 aromatic rings. The quantitative estimate of drug-likeness (QED) is 0.477. The number of methoxy groups -OCH3 is 1. The van der Waals surface area contributed by atoms with Crippen LogP contribution in [0.25, 0.3) is 0 Å². The number of carbonyl (C=O) groups is 1. The van der Waals surface area contributed by atoms with Gasteiger partial charge in [-0.25, -0.2) is 9.18 Å². The van der Waals surface area contributed by atoms with Gasteiger partial charge in [0.05, 0.1) is 23.7 Å². The van der Waals surface area contributed by atoms with Gasteiger partial charge in [-0.15, -0.1) is 0 Å². The van der Waals surface area contributed by atoms with E-state index in [1.54, 1.807) is 4.90 Å². The number of carbonyl (C=O) groups excluding carboxylic acids is 1. The Balaban J connectivity index is 2.53. The lowest BCUT2D eigenvalue weighted by Crippen LogP contribution is -2.20. The summed E-state index contributed by atoms with van der Waals surface area (Å²) in [6.45, 7) is 1.32. The van der Waals surface area contributed by atoms with E-state index in [0.717, 1.165) is 26.0 Å². The third-order valence-electron chi connectivity index (χ3n) is 3.11. The minimum atomic E-state index is -0.943. The van der Waals surface area contributed by atoms with Crippen molar-refractivity contribution in [1.82, 2.24) is 0 Å². The zero-order chi connectivity index (χ0) is 14.0. The van der Waals surface area contributed by atoms with Crippen molar-refractivity contribution in [2.45, 2.75) is 12.8 Å². The van der Waals surface area contributed by atoms with Gasteiger partial charge in [-0.05, 0) is 18.9 Å². The van der Waals surface area contributed by atoms with Crippen molar-refractivity contribution in [2.75, 3.05) is 25.1 Å². The number of halogens is 1. The number of nitro groups is 1. The molecule has 1 aliphatic rings. The third-order valence-corrected chi connectivity index (χ3v) is 3.11. The predicted octanol–water partition coefficient (Wildman–Crippen LogP) is 2.12. The fourth-order valence-corrected chi connectivity index (χ4v) is 2.18. The Bertz CT molecular complexity index is 527. The zero-order valence-electron chi connectivity index (χ0n) is 10.4. The highest BCUT2D eigenvalue weighted by atomic mass is 19.1. The predicted molar refractivity (Wildman–Crippen MR) is 65.8 cm³/mol. The van der Waals surface area contributed by atoms with Crippen LogP contribution in [0.5, 0.6) is 0 Å². The highest BCUT2D eigenvalue weighted by Crippen LogP contribution is 2.33. The smallest absolute Gasteiger partial charge is 0.340 e. The van der Waals surface area contributed by atoms with E-state index in [2.05, 4.69) is 4.74 Å². The van der Waals surface area contributed by atoms with Gasteiger partial charge in [0.2, 0.25) is 0 Å². The molecule has 6 nitrogen and oxygen atoms in total. The number of nitrogens with zero attached hydrogens (tertiary/aromatic N) is 2. The highest BCUT2D eigenvalue weighted by molar-refractivity contribution is 5.92. The first-order valence-electron chi connectivity index (χ1n) is 5.85. The van der Waals surface area contributed by atoms with Gasteiger partial charge in [0.25, 0.3) is 5.69 Å². The number of ether oxygens (including phenoxy) is 1. The largest absolute Gasteiger partial charge is 0.465 e. The first-order valence-corrected chi connectivity index (χ1v) is 5.85. The van der Waals surface area contributed by atoms with Gasteiger partial charge in [-0.1, -0.05) is 0 Å². The molecule has 0 unspecified atom stereocenters. The molecule has 1 fully saturated rings. The average molecular weight is 268 g/mol. The summed E-state index contributed by atoms with van der Waals surface area (Å²) in [5, 5.41) is 11.0. The van der Waals surface area contributed by atoms with E-state index in [0.29, 0.717) is 13.1 Å². The minimum Gasteiger partial charge on any atom is -0.465 e. The molecule has 0 amide bonds. The van der Waals surface area contributed by atoms with Crippen LogP contribution in [0.4, 0.5) is 15.8 Å². The molecule has 0 bridgehead atoms. The topological polar surface area (TPSA) is 72.7 Å². The molecule has 7 heteroatoms. The van der Waals surface area contributed by atoms with E-state index < -0.39 is 16.7 Å². The van der Waals surface area contributed by atoms with Crippen molar-refractivity contribution in [3.63, 3.8) is 0 Å². The highest BCUT2D eigenvalue weighted by Gasteiger charge is 2.27. The van der Waals surface area contributed by atoms with Gasteiger partial charge in [0.15, 0.2) is 0 Å². The molecule has 1 aromatic carbocycles. The van der Waals surface area contributed by atoms with Crippen LogP contribution in [0.15, 0.2) is 12.1 Å². The van der Waals surface area contributed by atoms with Crippen molar-refractivity contribution in [2.24, 2.45) is 0 Å². The second-order valence-corrected chi connectivity index (χ2v) is 4.26. The Morgan fingerprint density at radius 3 is 2.58 bits per heavy atom. The van der Waals surface area contributed by atoms with E-state index >= 15 is 0 Å². The lowest BCUT2D eigenvalue weighted by atomic mass is 10.1. The van der Waals surface area contributed by atoms with Crippen LogP contribution in [0.2, 0.25) is 0 Å². The van der Waals surface area contributed by atoms with Gasteiger partial charge in [-0.3, -0.25) is 10.1 Å². The van der Waals surface area contributed by atoms with Crippen molar-refractivity contribution < 1.29 is 18.8 Å². The molecule has 0 spiro atoms. The molecule has 0 aromatic heterocycles. The number of esters is 1. The van der Waals surface area contributed by atoms with Gasteiger partial charge in [0.1, 0.15) is 11.5 Å². The summed E-state index contributed by atoms with van der Waals surface area (Å²) < 4.78 is 18.2. The summed E-state index contributed by atoms with van der Waals surface area (Å²) in [7, 11) is 1.14. The molecular formula is C12H13FN2O4. The minimum absolute atomic E-state index is 0.268. The number of nitro benzene ring substituents is 1. The monoisotopic (exact) mass is 268 g/mol. The first-order chi connectivity index (χ1) is 9.04. The van der Waals surface area contributed by atoms with E-state index in [4.69, 9.17) is 0 Å². The Morgan fingerprint density at radius 2 is 2.05 bits per heavy atom. The fourth-order valence-electron chi connectivity index (χ4n) is 2.18. The molecule has 1 aliphatic heterocycles. The van der Waals surface area contributed by atoms with Gasteiger partial charge < -0.3 is 9.64 Å². The fraction of sp³-hybridized carbons (Fsp3) is 0.417. The molecule has 0 saturated carbocycles. The van der Waals surface area contributed by atoms with E-state index in [-0.39, 0.29) is 16.9 Å². The molecule has 0 N–H and O–H groups in total. The van der Waals surface area contributed by atoms with E-state index in [9.17, 15) is 19.3 Å². The second kappa shape index (κ2) is 5.21. The standard InChI is InChI=1S/C12H13FN2O4/c1-19-12(16)8-6-10(14-4-2-3-5-14)11(15(17)18)7-9(8)13/h6-7H,2-5H2,1H3. The Kier molecular flexibility index (Phi) is 3.64.